The fraction of sp³-hybridized carbons (Fsp3) is 0.526. The zero-order chi connectivity index (χ0) is 17.9. The molecular weight excluding hydrogens is 318 g/mol. The van der Waals surface area contributed by atoms with E-state index in [4.69, 9.17) is 9.15 Å². The minimum atomic E-state index is -0.485. The first-order valence-corrected chi connectivity index (χ1v) is 8.75. The Labute approximate surface area is 148 Å². The van der Waals surface area contributed by atoms with E-state index in [0.29, 0.717) is 18.2 Å². The Bertz CT molecular complexity index is 706. The van der Waals surface area contributed by atoms with Gasteiger partial charge < -0.3 is 14.5 Å². The number of hydrogen-bond donors (Lipinski definition) is 1. The van der Waals surface area contributed by atoms with Crippen molar-refractivity contribution in [2.45, 2.75) is 64.0 Å². The number of nitrogens with zero attached hydrogens (tertiary/aromatic N) is 2. The van der Waals surface area contributed by atoms with Crippen molar-refractivity contribution >= 4 is 6.09 Å². The monoisotopic (exact) mass is 343 g/mol. The summed E-state index contributed by atoms with van der Waals surface area (Å²) in [5.41, 5.74) is 0.662. The van der Waals surface area contributed by atoms with E-state index in [1.807, 2.05) is 51.1 Å². The summed E-state index contributed by atoms with van der Waals surface area (Å²) in [6.07, 6.45) is 2.88. The van der Waals surface area contributed by atoms with Crippen LogP contribution in [0.2, 0.25) is 0 Å². The van der Waals surface area contributed by atoms with Crippen LogP contribution in [0.15, 0.2) is 34.7 Å². The molecule has 0 spiro atoms. The van der Waals surface area contributed by atoms with Gasteiger partial charge in [-0.05, 0) is 45.6 Å². The molecule has 1 saturated carbocycles. The average Bonchev–Trinajstić information content (AvgIpc) is 3.15. The van der Waals surface area contributed by atoms with Crippen molar-refractivity contribution in [3.63, 3.8) is 0 Å². The van der Waals surface area contributed by atoms with Gasteiger partial charge in [0.2, 0.25) is 11.8 Å². The lowest BCUT2D eigenvalue weighted by molar-refractivity contribution is 0.0505. The van der Waals surface area contributed by atoms with Gasteiger partial charge in [-0.2, -0.15) is 0 Å². The van der Waals surface area contributed by atoms with Crippen LogP contribution >= 0.6 is 0 Å². The Morgan fingerprint density at radius 2 is 2.00 bits per heavy atom. The first kappa shape index (κ1) is 17.5. The molecule has 1 heterocycles. The summed E-state index contributed by atoms with van der Waals surface area (Å²) in [4.78, 5) is 11.9. The predicted octanol–water partition coefficient (Wildman–Crippen LogP) is 3.82. The van der Waals surface area contributed by atoms with Gasteiger partial charge in [0.1, 0.15) is 5.60 Å². The van der Waals surface area contributed by atoms with E-state index >= 15 is 0 Å². The number of amides is 1. The molecule has 1 fully saturated rings. The molecule has 6 heteroatoms. The van der Waals surface area contributed by atoms with Gasteiger partial charge in [0.05, 0.1) is 6.42 Å². The number of alkyl carbamates (subject to hydrolysis) is 1. The molecule has 0 radical (unpaired) electrons. The van der Waals surface area contributed by atoms with Crippen molar-refractivity contribution in [2.75, 3.05) is 0 Å². The van der Waals surface area contributed by atoms with Crippen LogP contribution in [-0.4, -0.2) is 27.9 Å². The Hall–Kier alpha value is -2.37. The molecule has 1 aliphatic rings. The second-order valence-electron chi connectivity index (χ2n) is 7.55. The van der Waals surface area contributed by atoms with Gasteiger partial charge in [0.25, 0.3) is 0 Å². The van der Waals surface area contributed by atoms with Crippen molar-refractivity contribution in [3.05, 3.63) is 47.7 Å². The molecule has 1 aromatic carbocycles. The zero-order valence-electron chi connectivity index (χ0n) is 15.0. The molecule has 1 aliphatic carbocycles. The third-order valence-corrected chi connectivity index (χ3v) is 4.18. The topological polar surface area (TPSA) is 77.2 Å². The van der Waals surface area contributed by atoms with E-state index in [1.165, 1.54) is 0 Å². The van der Waals surface area contributed by atoms with Crippen molar-refractivity contribution in [1.82, 2.24) is 15.5 Å². The standard InChI is InChI=1S/C19H25N3O3/c1-19(2,3)25-18(23)20-15-10-9-14(12-15)17-22-21-16(24-17)11-13-7-5-4-6-8-13/h4-8,14-15H,9-12H2,1-3H3,(H,20,23)/t14-,15-/m0/s1. The molecule has 2 aromatic rings. The molecule has 3 rings (SSSR count). The van der Waals surface area contributed by atoms with E-state index in [1.54, 1.807) is 0 Å². The Kier molecular flexibility index (Phi) is 5.06. The van der Waals surface area contributed by atoms with E-state index in [2.05, 4.69) is 15.5 Å². The fourth-order valence-electron chi connectivity index (χ4n) is 3.08. The Morgan fingerprint density at radius 3 is 2.72 bits per heavy atom. The third kappa shape index (κ3) is 5.05. The van der Waals surface area contributed by atoms with E-state index < -0.39 is 5.60 Å². The number of rotatable bonds is 4. The lowest BCUT2D eigenvalue weighted by atomic mass is 10.1. The lowest BCUT2D eigenvalue weighted by Gasteiger charge is -2.21. The minimum absolute atomic E-state index is 0.0873. The third-order valence-electron chi connectivity index (χ3n) is 4.18. The van der Waals surface area contributed by atoms with Crippen molar-refractivity contribution in [2.24, 2.45) is 0 Å². The maximum absolute atomic E-state index is 11.9. The van der Waals surface area contributed by atoms with Gasteiger partial charge in [-0.15, -0.1) is 10.2 Å². The first-order chi connectivity index (χ1) is 11.9. The van der Waals surface area contributed by atoms with Crippen LogP contribution in [0.3, 0.4) is 0 Å². The predicted molar refractivity (Wildman–Crippen MR) is 93.3 cm³/mol. The number of benzene rings is 1. The molecule has 1 aromatic heterocycles. The van der Waals surface area contributed by atoms with Gasteiger partial charge in [-0.1, -0.05) is 30.3 Å². The molecule has 0 bridgehead atoms. The molecular formula is C19H25N3O3. The smallest absolute Gasteiger partial charge is 0.407 e. The Morgan fingerprint density at radius 1 is 1.24 bits per heavy atom. The number of aromatic nitrogens is 2. The zero-order valence-corrected chi connectivity index (χ0v) is 15.0. The van der Waals surface area contributed by atoms with Crippen LogP contribution in [-0.2, 0) is 11.2 Å². The summed E-state index contributed by atoms with van der Waals surface area (Å²) >= 11 is 0. The second kappa shape index (κ2) is 7.25. The molecule has 0 saturated heterocycles. The second-order valence-corrected chi connectivity index (χ2v) is 7.55. The van der Waals surface area contributed by atoms with Gasteiger partial charge >= 0.3 is 6.09 Å². The number of nitrogens with one attached hydrogen (secondary N) is 1. The van der Waals surface area contributed by atoms with Crippen molar-refractivity contribution in [1.29, 1.82) is 0 Å². The number of carbonyl (C=O) groups is 1. The van der Waals surface area contributed by atoms with Crippen LogP contribution in [0.4, 0.5) is 4.79 Å². The van der Waals surface area contributed by atoms with E-state index in [9.17, 15) is 4.79 Å². The van der Waals surface area contributed by atoms with Gasteiger partial charge in [0, 0.05) is 12.0 Å². The van der Waals surface area contributed by atoms with Gasteiger partial charge in [-0.3, -0.25) is 0 Å². The number of carbonyl (C=O) groups excluding carboxylic acids is 1. The quantitative estimate of drug-likeness (QED) is 0.913. The molecule has 134 valence electrons. The maximum Gasteiger partial charge on any atom is 0.407 e. The fourth-order valence-corrected chi connectivity index (χ4v) is 3.08. The molecule has 2 atom stereocenters. The molecule has 25 heavy (non-hydrogen) atoms. The summed E-state index contributed by atoms with van der Waals surface area (Å²) in [5.74, 6) is 1.49. The van der Waals surface area contributed by atoms with Gasteiger partial charge in [-0.25, -0.2) is 4.79 Å². The van der Waals surface area contributed by atoms with Crippen LogP contribution in [0, 0.1) is 0 Å². The van der Waals surface area contributed by atoms with E-state index in [-0.39, 0.29) is 18.1 Å². The van der Waals surface area contributed by atoms with Gasteiger partial charge in [0.15, 0.2) is 0 Å². The molecule has 0 unspecified atom stereocenters. The highest BCUT2D eigenvalue weighted by atomic mass is 16.6. The lowest BCUT2D eigenvalue weighted by Crippen LogP contribution is -2.37. The Balaban J connectivity index is 1.53. The van der Waals surface area contributed by atoms with Crippen LogP contribution in [0.1, 0.15) is 63.3 Å². The summed E-state index contributed by atoms with van der Waals surface area (Å²) in [6, 6.07) is 10.1. The van der Waals surface area contributed by atoms with Crippen molar-refractivity contribution < 1.29 is 13.9 Å². The number of hydrogen-bond acceptors (Lipinski definition) is 5. The largest absolute Gasteiger partial charge is 0.444 e. The molecule has 1 amide bonds. The number of ether oxygens (including phenoxy) is 1. The summed E-state index contributed by atoms with van der Waals surface area (Å²) in [5, 5.41) is 11.3. The molecule has 6 nitrogen and oxygen atoms in total. The normalized spacial score (nSPS) is 20.4. The summed E-state index contributed by atoms with van der Waals surface area (Å²) in [6.45, 7) is 5.57. The van der Waals surface area contributed by atoms with Crippen LogP contribution in [0.25, 0.3) is 0 Å². The average molecular weight is 343 g/mol. The SMILES string of the molecule is CC(C)(C)OC(=O)N[C@H]1CC[C@H](c2nnc(Cc3ccccc3)o2)C1. The summed E-state index contributed by atoms with van der Waals surface area (Å²) < 4.78 is 11.1. The molecule has 0 aliphatic heterocycles. The maximum atomic E-state index is 11.9. The van der Waals surface area contributed by atoms with E-state index in [0.717, 1.165) is 24.8 Å². The minimum Gasteiger partial charge on any atom is -0.444 e. The summed E-state index contributed by atoms with van der Waals surface area (Å²) in [7, 11) is 0. The molecule has 1 N–H and O–H groups in total. The highest BCUT2D eigenvalue weighted by Crippen LogP contribution is 2.34. The highest BCUT2D eigenvalue weighted by Gasteiger charge is 2.31. The highest BCUT2D eigenvalue weighted by molar-refractivity contribution is 5.68. The van der Waals surface area contributed by atoms with Crippen LogP contribution in [0.5, 0.6) is 0 Å². The first-order valence-electron chi connectivity index (χ1n) is 8.75. The van der Waals surface area contributed by atoms with Crippen LogP contribution < -0.4 is 5.32 Å². The van der Waals surface area contributed by atoms with Crippen molar-refractivity contribution in [3.8, 4) is 0 Å².